The van der Waals surface area contributed by atoms with E-state index in [1.165, 1.54) is 128 Å². The van der Waals surface area contributed by atoms with Crippen molar-refractivity contribution in [2.75, 3.05) is 0 Å². The van der Waals surface area contributed by atoms with Crippen molar-refractivity contribution in [3.63, 3.8) is 0 Å². The Morgan fingerprint density at radius 1 is 0.512 bits per heavy atom. The van der Waals surface area contributed by atoms with E-state index in [1.807, 2.05) is 18.2 Å². The van der Waals surface area contributed by atoms with E-state index < -0.39 is 10.1 Å². The van der Waals surface area contributed by atoms with E-state index in [2.05, 4.69) is 19.9 Å². The molecule has 0 N–H and O–H groups in total. The molecule has 0 aliphatic heterocycles. The number of fused-ring (bicyclic) bond motifs is 1. The smallest absolute Gasteiger partial charge is 0.744 e. The summed E-state index contributed by atoms with van der Waals surface area (Å²) in [6, 6.07) is 9.86. The third kappa shape index (κ3) is 17.8. The van der Waals surface area contributed by atoms with Crippen LogP contribution in [0.1, 0.15) is 179 Å². The van der Waals surface area contributed by atoms with Crippen LogP contribution in [0.4, 0.5) is 0 Å². The van der Waals surface area contributed by atoms with Gasteiger partial charge in [0.15, 0.2) is 0 Å². The van der Waals surface area contributed by atoms with Crippen LogP contribution in [-0.2, 0) is 23.0 Å². The predicted octanol–water partition coefficient (Wildman–Crippen LogP) is 9.24. The van der Waals surface area contributed by atoms with Gasteiger partial charge in [-0.2, -0.15) is 0 Å². The van der Waals surface area contributed by atoms with Gasteiger partial charge in [-0.3, -0.25) is 0 Å². The summed E-state index contributed by atoms with van der Waals surface area (Å²) < 4.78 is 37.2. The van der Waals surface area contributed by atoms with Crippen LogP contribution in [-0.4, -0.2) is 13.0 Å². The van der Waals surface area contributed by atoms with Crippen molar-refractivity contribution in [3.8, 4) is 0 Å². The van der Waals surface area contributed by atoms with E-state index in [0.717, 1.165) is 54.0 Å². The van der Waals surface area contributed by atoms with Crippen LogP contribution < -0.4 is 29.6 Å². The number of benzene rings is 2. The fourth-order valence-corrected chi connectivity index (χ4v) is 7.27. The maximum atomic E-state index is 12.4. The molecule has 2 rings (SSSR count). The summed E-state index contributed by atoms with van der Waals surface area (Å²) in [5.41, 5.74) is 1.76. The fourth-order valence-electron chi connectivity index (χ4n) is 6.47. The Kier molecular flexibility index (Phi) is 24.3. The molecule has 2 aromatic rings. The van der Waals surface area contributed by atoms with Crippen molar-refractivity contribution in [2.45, 2.75) is 186 Å². The summed E-state index contributed by atoms with van der Waals surface area (Å²) in [6.07, 6.45) is 32.3. The van der Waals surface area contributed by atoms with Gasteiger partial charge < -0.3 is 4.55 Å². The number of hydrogen-bond acceptors (Lipinski definition) is 3. The molecule has 0 aliphatic carbocycles. The standard InChI is InChI=1S/C38H64O3S.Na/c1-3-5-7-9-11-13-15-17-19-21-23-25-29-34-33-38(42(39,40)41)37(36-31-28-27-30-35(34)36)32-26-24-22-20-18-16-14-12-10-8-6-4-2;/h27-28,30-31,33H,3-26,29,32H2,1-2H3,(H,39,40,41);/q;+1/p-1. The molecule has 0 bridgehead atoms. The van der Waals surface area contributed by atoms with Crippen molar-refractivity contribution in [1.29, 1.82) is 0 Å². The van der Waals surface area contributed by atoms with Gasteiger partial charge in [0.2, 0.25) is 0 Å². The average Bonchev–Trinajstić information content (AvgIpc) is 2.98. The topological polar surface area (TPSA) is 57.2 Å². The van der Waals surface area contributed by atoms with Gasteiger partial charge in [-0.25, -0.2) is 8.42 Å². The summed E-state index contributed by atoms with van der Waals surface area (Å²) in [5.74, 6) is 0. The summed E-state index contributed by atoms with van der Waals surface area (Å²) in [4.78, 5) is 0.0261. The van der Waals surface area contributed by atoms with Crippen molar-refractivity contribution < 1.29 is 42.5 Å². The van der Waals surface area contributed by atoms with Gasteiger partial charge in [0.1, 0.15) is 10.1 Å². The van der Waals surface area contributed by atoms with E-state index >= 15 is 0 Å². The van der Waals surface area contributed by atoms with Gasteiger partial charge in [0.25, 0.3) is 0 Å². The van der Waals surface area contributed by atoms with Gasteiger partial charge >= 0.3 is 29.6 Å². The zero-order chi connectivity index (χ0) is 30.3. The minimum absolute atomic E-state index is 0. The van der Waals surface area contributed by atoms with Crippen molar-refractivity contribution in [3.05, 3.63) is 41.5 Å². The van der Waals surface area contributed by atoms with Crippen LogP contribution in [0.2, 0.25) is 0 Å². The Morgan fingerprint density at radius 2 is 0.860 bits per heavy atom. The first-order chi connectivity index (χ1) is 20.5. The average molecular weight is 623 g/mol. The Labute approximate surface area is 288 Å². The molecule has 0 spiro atoms. The largest absolute Gasteiger partial charge is 1.00 e. The number of aryl methyl sites for hydroxylation is 2. The monoisotopic (exact) mass is 622 g/mol. The fraction of sp³-hybridized carbons (Fsp3) is 0.737. The number of hydrogen-bond donors (Lipinski definition) is 0. The third-order valence-electron chi connectivity index (χ3n) is 9.05. The predicted molar refractivity (Wildman–Crippen MR) is 181 cm³/mol. The van der Waals surface area contributed by atoms with E-state index in [1.54, 1.807) is 6.07 Å². The maximum absolute atomic E-state index is 12.4. The van der Waals surface area contributed by atoms with Crippen LogP contribution in [0.25, 0.3) is 10.8 Å². The maximum Gasteiger partial charge on any atom is 1.00 e. The van der Waals surface area contributed by atoms with Gasteiger partial charge in [0, 0.05) is 0 Å². The molecule has 3 nitrogen and oxygen atoms in total. The van der Waals surface area contributed by atoms with E-state index in [-0.39, 0.29) is 34.5 Å². The number of unbranched alkanes of at least 4 members (excludes halogenated alkanes) is 22. The summed E-state index contributed by atoms with van der Waals surface area (Å²) in [6.45, 7) is 4.53. The van der Waals surface area contributed by atoms with Crippen molar-refractivity contribution in [2.24, 2.45) is 0 Å². The second-order valence-electron chi connectivity index (χ2n) is 12.8. The molecule has 240 valence electrons. The third-order valence-corrected chi connectivity index (χ3v) is 9.95. The molecule has 0 aromatic heterocycles. The molecule has 0 heterocycles. The van der Waals surface area contributed by atoms with E-state index in [0.29, 0.717) is 6.42 Å². The molecule has 0 aliphatic rings. The molecule has 0 amide bonds. The van der Waals surface area contributed by atoms with Crippen LogP contribution in [0.5, 0.6) is 0 Å². The minimum Gasteiger partial charge on any atom is -0.744 e. The van der Waals surface area contributed by atoms with Crippen LogP contribution >= 0.6 is 0 Å². The molecule has 2 aromatic carbocycles. The first-order valence-corrected chi connectivity index (χ1v) is 19.4. The molecule has 0 atom stereocenters. The molecule has 0 radical (unpaired) electrons. The molecule has 0 unspecified atom stereocenters. The zero-order valence-electron chi connectivity index (χ0n) is 28.4. The van der Waals surface area contributed by atoms with Crippen LogP contribution in [0, 0.1) is 0 Å². The van der Waals surface area contributed by atoms with E-state index in [9.17, 15) is 13.0 Å². The summed E-state index contributed by atoms with van der Waals surface area (Å²) in [7, 11) is -4.52. The van der Waals surface area contributed by atoms with Crippen LogP contribution in [0.3, 0.4) is 0 Å². The van der Waals surface area contributed by atoms with Gasteiger partial charge in [-0.1, -0.05) is 179 Å². The Bertz CT molecular complexity index is 1070. The minimum atomic E-state index is -4.52. The Hall–Kier alpha value is -0.390. The summed E-state index contributed by atoms with van der Waals surface area (Å²) in [5, 5.41) is 2.09. The van der Waals surface area contributed by atoms with Gasteiger partial charge in [-0.15, -0.1) is 0 Å². The molecule has 0 saturated carbocycles. The molecule has 0 fully saturated rings. The van der Waals surface area contributed by atoms with Crippen molar-refractivity contribution in [1.82, 2.24) is 0 Å². The van der Waals surface area contributed by atoms with Crippen LogP contribution in [0.15, 0.2) is 35.2 Å². The molecule has 0 saturated heterocycles. The van der Waals surface area contributed by atoms with Gasteiger partial charge in [0.05, 0.1) is 4.90 Å². The zero-order valence-corrected chi connectivity index (χ0v) is 31.2. The Morgan fingerprint density at radius 3 is 1.26 bits per heavy atom. The molecule has 5 heteroatoms. The Balaban J connectivity index is 0.00000924. The SMILES string of the molecule is CCCCCCCCCCCCCCc1cc(S(=O)(=O)[O-])c(CCCCCCCCCCCCCC)c2ccccc12.[Na+]. The van der Waals surface area contributed by atoms with Gasteiger partial charge in [-0.05, 0) is 53.6 Å². The van der Waals surface area contributed by atoms with E-state index in [4.69, 9.17) is 0 Å². The number of rotatable bonds is 27. The second-order valence-corrected chi connectivity index (χ2v) is 14.1. The first-order valence-electron chi connectivity index (χ1n) is 18.0. The quantitative estimate of drug-likeness (QED) is 0.0567. The van der Waals surface area contributed by atoms with Crippen molar-refractivity contribution >= 4 is 20.9 Å². The first kappa shape index (κ1) is 40.6. The summed E-state index contributed by atoms with van der Waals surface area (Å²) >= 11 is 0. The molecular formula is C38H63NaO3S. The normalized spacial score (nSPS) is 11.7. The molecule has 43 heavy (non-hydrogen) atoms. The second kappa shape index (κ2) is 25.8. The molecular weight excluding hydrogens is 559 g/mol.